The van der Waals surface area contributed by atoms with Crippen molar-refractivity contribution >= 4 is 5.69 Å². The van der Waals surface area contributed by atoms with Gasteiger partial charge in [-0.05, 0) is 23.3 Å². The normalized spacial score (nSPS) is 13.2. The highest BCUT2D eigenvalue weighted by atomic mass is 15.1. The lowest BCUT2D eigenvalue weighted by atomic mass is 10.1. The van der Waals surface area contributed by atoms with Crippen molar-refractivity contribution in [3.63, 3.8) is 0 Å². The van der Waals surface area contributed by atoms with Crippen LogP contribution in [0.5, 0.6) is 0 Å². The van der Waals surface area contributed by atoms with Gasteiger partial charge in [0.1, 0.15) is 11.8 Å². The molecule has 1 aliphatic heterocycles. The van der Waals surface area contributed by atoms with E-state index in [-0.39, 0.29) is 0 Å². The molecular formula is C14H11N3. The fraction of sp³-hybridized carbons (Fsp3) is 0.143. The van der Waals surface area contributed by atoms with E-state index in [1.54, 1.807) is 12.3 Å². The van der Waals surface area contributed by atoms with Gasteiger partial charge in [-0.15, -0.1) is 0 Å². The molecule has 0 bridgehead atoms. The number of pyridine rings is 1. The van der Waals surface area contributed by atoms with Gasteiger partial charge in [-0.2, -0.15) is 5.26 Å². The zero-order chi connectivity index (χ0) is 11.7. The monoisotopic (exact) mass is 221 g/mol. The molecule has 3 heteroatoms. The highest BCUT2D eigenvalue weighted by Crippen LogP contribution is 2.27. The van der Waals surface area contributed by atoms with E-state index < -0.39 is 0 Å². The standard InChI is InChI=1S/C14H11N3/c15-7-13-5-6-14(8-16-13)17-9-11-3-1-2-4-12(11)10-17/h1-6,8H,9-10H2. The van der Waals surface area contributed by atoms with Crippen LogP contribution in [-0.2, 0) is 13.1 Å². The van der Waals surface area contributed by atoms with Crippen LogP contribution in [0.1, 0.15) is 16.8 Å². The van der Waals surface area contributed by atoms with Gasteiger partial charge >= 0.3 is 0 Å². The first kappa shape index (κ1) is 9.86. The Kier molecular flexibility index (Phi) is 2.27. The average Bonchev–Trinajstić information content (AvgIpc) is 2.82. The summed E-state index contributed by atoms with van der Waals surface area (Å²) in [7, 11) is 0. The van der Waals surface area contributed by atoms with Crippen molar-refractivity contribution in [1.82, 2.24) is 4.98 Å². The molecule has 2 aromatic rings. The lowest BCUT2D eigenvalue weighted by Crippen LogP contribution is -2.14. The largest absolute Gasteiger partial charge is 0.362 e. The molecule has 0 saturated carbocycles. The minimum absolute atomic E-state index is 0.463. The fourth-order valence-corrected chi connectivity index (χ4v) is 2.15. The van der Waals surface area contributed by atoms with Crippen molar-refractivity contribution in [3.8, 4) is 6.07 Å². The first-order chi connectivity index (χ1) is 8.36. The number of nitrogens with zero attached hydrogens (tertiary/aromatic N) is 3. The predicted molar refractivity (Wildman–Crippen MR) is 65.3 cm³/mol. The first-order valence-electron chi connectivity index (χ1n) is 5.55. The molecule has 17 heavy (non-hydrogen) atoms. The first-order valence-corrected chi connectivity index (χ1v) is 5.55. The van der Waals surface area contributed by atoms with E-state index in [1.165, 1.54) is 11.1 Å². The van der Waals surface area contributed by atoms with Gasteiger partial charge in [0.15, 0.2) is 0 Å². The Morgan fingerprint density at radius 3 is 2.29 bits per heavy atom. The molecular weight excluding hydrogens is 210 g/mol. The second-order valence-electron chi connectivity index (χ2n) is 4.14. The molecule has 1 aliphatic rings. The Morgan fingerprint density at radius 2 is 1.76 bits per heavy atom. The van der Waals surface area contributed by atoms with Crippen molar-refractivity contribution < 1.29 is 0 Å². The molecule has 1 aromatic heterocycles. The number of aromatic nitrogens is 1. The van der Waals surface area contributed by atoms with Crippen molar-refractivity contribution in [2.75, 3.05) is 4.90 Å². The topological polar surface area (TPSA) is 39.9 Å². The summed E-state index contributed by atoms with van der Waals surface area (Å²) in [5.41, 5.74) is 4.28. The average molecular weight is 221 g/mol. The van der Waals surface area contributed by atoms with Gasteiger partial charge in [-0.1, -0.05) is 24.3 Å². The Bertz CT molecular complexity index is 556. The molecule has 0 N–H and O–H groups in total. The maximum absolute atomic E-state index is 8.71. The maximum Gasteiger partial charge on any atom is 0.140 e. The lowest BCUT2D eigenvalue weighted by molar-refractivity contribution is 0.875. The molecule has 0 unspecified atom stereocenters. The van der Waals surface area contributed by atoms with Crippen LogP contribution in [0.3, 0.4) is 0 Å². The summed E-state index contributed by atoms with van der Waals surface area (Å²) in [5.74, 6) is 0. The van der Waals surface area contributed by atoms with E-state index >= 15 is 0 Å². The third kappa shape index (κ3) is 1.74. The molecule has 2 heterocycles. The zero-order valence-corrected chi connectivity index (χ0v) is 9.30. The van der Waals surface area contributed by atoms with Crippen molar-refractivity contribution in [3.05, 3.63) is 59.4 Å². The Balaban J connectivity index is 1.87. The smallest absolute Gasteiger partial charge is 0.140 e. The number of rotatable bonds is 1. The second kappa shape index (κ2) is 3.91. The molecule has 0 fully saturated rings. The van der Waals surface area contributed by atoms with E-state index in [0.717, 1.165) is 18.8 Å². The Hall–Kier alpha value is -2.34. The summed E-state index contributed by atoms with van der Waals surface area (Å²) in [5, 5.41) is 8.71. The highest BCUT2D eigenvalue weighted by Gasteiger charge is 2.18. The van der Waals surface area contributed by atoms with Crippen LogP contribution in [0, 0.1) is 11.3 Å². The summed E-state index contributed by atoms with van der Waals surface area (Å²) in [6.45, 7) is 1.84. The van der Waals surface area contributed by atoms with Gasteiger partial charge in [0.05, 0.1) is 11.9 Å². The number of benzene rings is 1. The molecule has 0 saturated heterocycles. The van der Waals surface area contributed by atoms with E-state index in [1.807, 2.05) is 12.1 Å². The number of hydrogen-bond donors (Lipinski definition) is 0. The van der Waals surface area contributed by atoms with Crippen LogP contribution < -0.4 is 4.90 Å². The maximum atomic E-state index is 8.71. The summed E-state index contributed by atoms with van der Waals surface area (Å²) in [6, 6.07) is 14.2. The van der Waals surface area contributed by atoms with Crippen molar-refractivity contribution in [2.45, 2.75) is 13.1 Å². The summed E-state index contributed by atoms with van der Waals surface area (Å²) in [4.78, 5) is 6.36. The van der Waals surface area contributed by atoms with Gasteiger partial charge in [-0.25, -0.2) is 4.98 Å². The minimum Gasteiger partial charge on any atom is -0.362 e. The van der Waals surface area contributed by atoms with Gasteiger partial charge in [-0.3, -0.25) is 0 Å². The van der Waals surface area contributed by atoms with E-state index in [4.69, 9.17) is 5.26 Å². The highest BCUT2D eigenvalue weighted by molar-refractivity contribution is 5.51. The molecule has 0 amide bonds. The second-order valence-corrected chi connectivity index (χ2v) is 4.14. The van der Waals surface area contributed by atoms with Crippen LogP contribution in [0.4, 0.5) is 5.69 Å². The number of fused-ring (bicyclic) bond motifs is 1. The number of hydrogen-bond acceptors (Lipinski definition) is 3. The third-order valence-electron chi connectivity index (χ3n) is 3.07. The summed E-state index contributed by atoms with van der Waals surface area (Å²) >= 11 is 0. The molecule has 3 nitrogen and oxygen atoms in total. The van der Waals surface area contributed by atoms with Crippen LogP contribution in [0.15, 0.2) is 42.6 Å². The quantitative estimate of drug-likeness (QED) is 0.742. The van der Waals surface area contributed by atoms with Crippen molar-refractivity contribution in [2.24, 2.45) is 0 Å². The molecule has 0 atom stereocenters. The fourth-order valence-electron chi connectivity index (χ4n) is 2.15. The van der Waals surface area contributed by atoms with E-state index in [0.29, 0.717) is 5.69 Å². The SMILES string of the molecule is N#Cc1ccc(N2Cc3ccccc3C2)cn1. The van der Waals surface area contributed by atoms with Gasteiger partial charge in [0, 0.05) is 13.1 Å². The molecule has 0 spiro atoms. The van der Waals surface area contributed by atoms with Gasteiger partial charge in [0.25, 0.3) is 0 Å². The van der Waals surface area contributed by atoms with E-state index in [2.05, 4.69) is 34.1 Å². The third-order valence-corrected chi connectivity index (χ3v) is 3.07. The predicted octanol–water partition coefficient (Wildman–Crippen LogP) is 2.47. The zero-order valence-electron chi connectivity index (χ0n) is 9.30. The molecule has 82 valence electrons. The van der Waals surface area contributed by atoms with Crippen LogP contribution >= 0.6 is 0 Å². The van der Waals surface area contributed by atoms with Gasteiger partial charge < -0.3 is 4.90 Å². The molecule has 3 rings (SSSR count). The Labute approximate surface area is 99.9 Å². The van der Waals surface area contributed by atoms with Crippen molar-refractivity contribution in [1.29, 1.82) is 5.26 Å². The lowest BCUT2D eigenvalue weighted by Gasteiger charge is -2.16. The van der Waals surface area contributed by atoms with Gasteiger partial charge in [0.2, 0.25) is 0 Å². The Morgan fingerprint density at radius 1 is 1.06 bits per heavy atom. The minimum atomic E-state index is 0.463. The number of nitriles is 1. The summed E-state index contributed by atoms with van der Waals surface area (Å²) < 4.78 is 0. The molecule has 0 aliphatic carbocycles. The molecule has 0 radical (unpaired) electrons. The van der Waals surface area contributed by atoms with Crippen LogP contribution in [0.2, 0.25) is 0 Å². The molecule has 1 aromatic carbocycles. The van der Waals surface area contributed by atoms with E-state index in [9.17, 15) is 0 Å². The summed E-state index contributed by atoms with van der Waals surface area (Å²) in [6.07, 6.45) is 1.77. The van der Waals surface area contributed by atoms with Crippen LogP contribution in [0.25, 0.3) is 0 Å². The van der Waals surface area contributed by atoms with Crippen LogP contribution in [-0.4, -0.2) is 4.98 Å². The number of anilines is 1.